The topological polar surface area (TPSA) is 55.2 Å². The molecule has 1 saturated carbocycles. The summed E-state index contributed by atoms with van der Waals surface area (Å²) in [7, 11) is 0. The van der Waals surface area contributed by atoms with Crippen molar-refractivity contribution in [3.63, 3.8) is 0 Å². The molecule has 1 N–H and O–H groups in total. The summed E-state index contributed by atoms with van der Waals surface area (Å²) in [4.78, 5) is 10.5. The second-order valence-corrected chi connectivity index (χ2v) is 4.54. The highest BCUT2D eigenvalue weighted by atomic mass is 16.6. The lowest BCUT2D eigenvalue weighted by molar-refractivity contribution is -0.385. The van der Waals surface area contributed by atoms with Crippen LogP contribution in [0.25, 0.3) is 0 Å². The smallest absolute Gasteiger partial charge is 0.274 e. The summed E-state index contributed by atoms with van der Waals surface area (Å²) in [5.41, 5.74) is 2.89. The standard InChI is InChI=1S/C12H16N2O2/c1-8-5-9(2)12(14(15)16)6-11(8)13-7-10-3-4-10/h5-6,10,13H,3-4,7H2,1-2H3. The van der Waals surface area contributed by atoms with Crippen LogP contribution in [-0.4, -0.2) is 11.5 Å². The van der Waals surface area contributed by atoms with E-state index in [9.17, 15) is 10.1 Å². The van der Waals surface area contributed by atoms with Crippen molar-refractivity contribution < 1.29 is 4.92 Å². The average molecular weight is 220 g/mol. The molecule has 0 atom stereocenters. The highest BCUT2D eigenvalue weighted by Gasteiger charge is 2.21. The molecule has 0 heterocycles. The van der Waals surface area contributed by atoms with E-state index in [0.717, 1.165) is 29.3 Å². The van der Waals surface area contributed by atoms with Gasteiger partial charge in [0.2, 0.25) is 0 Å². The van der Waals surface area contributed by atoms with Gasteiger partial charge in [-0.05, 0) is 44.2 Å². The van der Waals surface area contributed by atoms with Crippen LogP contribution in [-0.2, 0) is 0 Å². The van der Waals surface area contributed by atoms with Crippen molar-refractivity contribution in [1.82, 2.24) is 0 Å². The van der Waals surface area contributed by atoms with E-state index in [4.69, 9.17) is 0 Å². The monoisotopic (exact) mass is 220 g/mol. The fourth-order valence-corrected chi connectivity index (χ4v) is 1.80. The summed E-state index contributed by atoms with van der Waals surface area (Å²) in [6, 6.07) is 3.51. The lowest BCUT2D eigenvalue weighted by Gasteiger charge is -2.10. The molecule has 1 aromatic rings. The number of hydrogen-bond donors (Lipinski definition) is 1. The molecule has 1 aliphatic rings. The summed E-state index contributed by atoms with van der Waals surface area (Å²) in [6.45, 7) is 4.68. The molecule has 0 unspecified atom stereocenters. The normalized spacial score (nSPS) is 14.9. The molecule has 0 saturated heterocycles. The molecular weight excluding hydrogens is 204 g/mol. The SMILES string of the molecule is Cc1cc(C)c([N+](=O)[O-])cc1NCC1CC1. The van der Waals surface area contributed by atoms with Crippen molar-refractivity contribution >= 4 is 11.4 Å². The van der Waals surface area contributed by atoms with Crippen LogP contribution in [0, 0.1) is 29.9 Å². The first kappa shape index (κ1) is 10.9. The van der Waals surface area contributed by atoms with Gasteiger partial charge in [-0.2, -0.15) is 0 Å². The van der Waals surface area contributed by atoms with Gasteiger partial charge in [0.25, 0.3) is 5.69 Å². The lowest BCUT2D eigenvalue weighted by Crippen LogP contribution is -2.05. The Morgan fingerprint density at radius 1 is 1.38 bits per heavy atom. The minimum absolute atomic E-state index is 0.198. The summed E-state index contributed by atoms with van der Waals surface area (Å²) >= 11 is 0. The van der Waals surface area contributed by atoms with E-state index in [1.54, 1.807) is 13.0 Å². The Labute approximate surface area is 94.8 Å². The molecule has 0 aromatic heterocycles. The van der Waals surface area contributed by atoms with Crippen molar-refractivity contribution in [3.05, 3.63) is 33.4 Å². The van der Waals surface area contributed by atoms with Crippen LogP contribution in [0.2, 0.25) is 0 Å². The Kier molecular flexibility index (Phi) is 2.81. The zero-order chi connectivity index (χ0) is 11.7. The summed E-state index contributed by atoms with van der Waals surface area (Å²) in [5.74, 6) is 0.764. The number of hydrogen-bond acceptors (Lipinski definition) is 3. The first-order valence-electron chi connectivity index (χ1n) is 5.57. The van der Waals surface area contributed by atoms with E-state index in [0.29, 0.717) is 0 Å². The first-order chi connectivity index (χ1) is 7.58. The van der Waals surface area contributed by atoms with Crippen molar-refractivity contribution in [3.8, 4) is 0 Å². The molecule has 2 rings (SSSR count). The Morgan fingerprint density at radius 2 is 2.06 bits per heavy atom. The van der Waals surface area contributed by atoms with Crippen LogP contribution in [0.15, 0.2) is 12.1 Å². The van der Waals surface area contributed by atoms with E-state index in [1.165, 1.54) is 12.8 Å². The predicted octanol–water partition coefficient (Wildman–Crippen LogP) is 3.03. The molecule has 0 amide bonds. The van der Waals surface area contributed by atoms with Gasteiger partial charge in [-0.25, -0.2) is 0 Å². The van der Waals surface area contributed by atoms with Crippen LogP contribution in [0.5, 0.6) is 0 Å². The van der Waals surface area contributed by atoms with Crippen LogP contribution >= 0.6 is 0 Å². The predicted molar refractivity (Wildman–Crippen MR) is 63.8 cm³/mol. The zero-order valence-electron chi connectivity index (χ0n) is 9.62. The molecule has 1 aliphatic carbocycles. The third-order valence-electron chi connectivity index (χ3n) is 3.02. The maximum Gasteiger partial charge on any atom is 0.274 e. The molecule has 86 valence electrons. The molecular formula is C12H16N2O2. The number of nitrogens with one attached hydrogen (secondary N) is 1. The number of aryl methyl sites for hydroxylation is 2. The minimum atomic E-state index is -0.322. The van der Waals surface area contributed by atoms with Crippen LogP contribution in [0.1, 0.15) is 24.0 Å². The van der Waals surface area contributed by atoms with E-state index < -0.39 is 0 Å². The molecule has 1 fully saturated rings. The quantitative estimate of drug-likeness (QED) is 0.626. The van der Waals surface area contributed by atoms with E-state index in [2.05, 4.69) is 5.32 Å². The van der Waals surface area contributed by atoms with Gasteiger partial charge in [0, 0.05) is 23.9 Å². The van der Waals surface area contributed by atoms with Gasteiger partial charge < -0.3 is 5.32 Å². The Bertz CT molecular complexity index is 425. The summed E-state index contributed by atoms with van der Waals surface area (Å²) in [6.07, 6.45) is 2.56. The van der Waals surface area contributed by atoms with Crippen molar-refractivity contribution in [2.75, 3.05) is 11.9 Å². The number of rotatable bonds is 4. The Balaban J connectivity index is 2.21. The molecule has 4 heteroatoms. The van der Waals surface area contributed by atoms with Gasteiger partial charge in [-0.15, -0.1) is 0 Å². The Hall–Kier alpha value is -1.58. The van der Waals surface area contributed by atoms with E-state index in [1.807, 2.05) is 13.0 Å². The Morgan fingerprint density at radius 3 is 2.62 bits per heavy atom. The largest absolute Gasteiger partial charge is 0.384 e. The molecule has 0 radical (unpaired) electrons. The molecule has 0 spiro atoms. The van der Waals surface area contributed by atoms with Crippen LogP contribution in [0.3, 0.4) is 0 Å². The molecule has 16 heavy (non-hydrogen) atoms. The minimum Gasteiger partial charge on any atom is -0.384 e. The second-order valence-electron chi connectivity index (χ2n) is 4.54. The second kappa shape index (κ2) is 4.12. The third kappa shape index (κ3) is 2.32. The molecule has 4 nitrogen and oxygen atoms in total. The van der Waals surface area contributed by atoms with Crippen molar-refractivity contribution in [2.45, 2.75) is 26.7 Å². The number of nitro groups is 1. The number of nitrogens with zero attached hydrogens (tertiary/aromatic N) is 1. The fraction of sp³-hybridized carbons (Fsp3) is 0.500. The zero-order valence-corrected chi connectivity index (χ0v) is 9.62. The van der Waals surface area contributed by atoms with Crippen LogP contribution < -0.4 is 5.32 Å². The van der Waals surface area contributed by atoms with Crippen molar-refractivity contribution in [2.24, 2.45) is 5.92 Å². The fourth-order valence-electron chi connectivity index (χ4n) is 1.80. The molecule has 0 bridgehead atoms. The number of nitro benzene ring substituents is 1. The van der Waals surface area contributed by atoms with E-state index >= 15 is 0 Å². The van der Waals surface area contributed by atoms with Gasteiger partial charge >= 0.3 is 0 Å². The van der Waals surface area contributed by atoms with Gasteiger partial charge in [-0.1, -0.05) is 0 Å². The molecule has 1 aromatic carbocycles. The lowest BCUT2D eigenvalue weighted by atomic mass is 10.1. The maximum absolute atomic E-state index is 10.8. The first-order valence-corrected chi connectivity index (χ1v) is 5.57. The van der Waals surface area contributed by atoms with Gasteiger partial charge in [0.1, 0.15) is 0 Å². The molecule has 0 aliphatic heterocycles. The maximum atomic E-state index is 10.8. The van der Waals surface area contributed by atoms with Crippen molar-refractivity contribution in [1.29, 1.82) is 0 Å². The summed E-state index contributed by atoms with van der Waals surface area (Å²) in [5, 5.41) is 14.1. The van der Waals surface area contributed by atoms with Crippen LogP contribution in [0.4, 0.5) is 11.4 Å². The van der Waals surface area contributed by atoms with E-state index in [-0.39, 0.29) is 10.6 Å². The van der Waals surface area contributed by atoms with Gasteiger partial charge in [0.15, 0.2) is 0 Å². The number of anilines is 1. The van der Waals surface area contributed by atoms with Gasteiger partial charge in [0.05, 0.1) is 4.92 Å². The average Bonchev–Trinajstić information content (AvgIpc) is 2.99. The van der Waals surface area contributed by atoms with Gasteiger partial charge in [-0.3, -0.25) is 10.1 Å². The summed E-state index contributed by atoms with van der Waals surface area (Å²) < 4.78 is 0. The number of benzene rings is 1. The third-order valence-corrected chi connectivity index (χ3v) is 3.02. The highest BCUT2D eigenvalue weighted by Crippen LogP contribution is 2.31. The highest BCUT2D eigenvalue weighted by molar-refractivity contribution is 5.60.